The maximum atomic E-state index is 2.50. The van der Waals surface area contributed by atoms with Crippen LogP contribution in [0.2, 0.25) is 0 Å². The second-order valence-electron chi connectivity index (χ2n) is 18.7. The van der Waals surface area contributed by atoms with Gasteiger partial charge in [-0.25, -0.2) is 0 Å². The first-order valence-corrected chi connectivity index (χ1v) is 24.3. The molecule has 11 aromatic carbocycles. The maximum Gasteiger partial charge on any atom is 0.0726 e. The zero-order valence-corrected chi connectivity index (χ0v) is 38.5. The SMILES string of the molecule is c1ccc(N(c2ccccc2)c2ccc3c(c2)-c2ccccc2C32c3ccccc3-c3ccc(N(c4ccccc4)c4ccc5c(c4)-c4ccccc4C5(c4ccccc4)c4ccccc4)cc32)cc1. The van der Waals surface area contributed by atoms with E-state index < -0.39 is 10.8 Å². The average Bonchev–Trinajstić information content (AvgIpc) is 4.02. The van der Waals surface area contributed by atoms with Crippen molar-refractivity contribution in [2.24, 2.45) is 0 Å². The number of rotatable bonds is 8. The molecule has 0 saturated carbocycles. The molecule has 0 N–H and O–H groups in total. The molecule has 0 aliphatic heterocycles. The highest BCUT2D eigenvalue weighted by molar-refractivity contribution is 5.98. The van der Waals surface area contributed by atoms with Crippen LogP contribution in [0.3, 0.4) is 0 Å². The zero-order valence-electron chi connectivity index (χ0n) is 38.5. The summed E-state index contributed by atoms with van der Waals surface area (Å²) in [5.74, 6) is 0. The monoisotopic (exact) mass is 890 g/mol. The van der Waals surface area contributed by atoms with Gasteiger partial charge in [-0.3, -0.25) is 0 Å². The average molecular weight is 891 g/mol. The topological polar surface area (TPSA) is 6.48 Å². The minimum Gasteiger partial charge on any atom is -0.310 e. The molecule has 11 aromatic rings. The van der Waals surface area contributed by atoms with Gasteiger partial charge in [-0.05, 0) is 151 Å². The zero-order chi connectivity index (χ0) is 46.2. The molecule has 0 bridgehead atoms. The van der Waals surface area contributed by atoms with Crippen LogP contribution in [0.4, 0.5) is 34.1 Å². The minimum atomic E-state index is -0.541. The van der Waals surface area contributed by atoms with Gasteiger partial charge in [0.1, 0.15) is 0 Å². The Hall–Kier alpha value is -8.98. The summed E-state index contributed by atoms with van der Waals surface area (Å²) in [5.41, 5.74) is 23.7. The molecule has 1 spiro atoms. The van der Waals surface area contributed by atoms with Gasteiger partial charge in [0.05, 0.1) is 10.8 Å². The Labute approximate surface area is 409 Å². The summed E-state index contributed by atoms with van der Waals surface area (Å²) in [5, 5.41) is 0. The fourth-order valence-corrected chi connectivity index (χ4v) is 12.6. The van der Waals surface area contributed by atoms with Gasteiger partial charge in [-0.2, -0.15) is 0 Å². The summed E-state index contributed by atoms with van der Waals surface area (Å²) in [6.45, 7) is 0. The second kappa shape index (κ2) is 15.8. The van der Waals surface area contributed by atoms with E-state index in [9.17, 15) is 0 Å². The molecular weight excluding hydrogens is 845 g/mol. The molecular formula is C68H46N2. The Morgan fingerprint density at radius 3 is 0.943 bits per heavy atom. The highest BCUT2D eigenvalue weighted by atomic mass is 15.1. The number of fused-ring (bicyclic) bond motifs is 13. The third kappa shape index (κ3) is 5.68. The Kier molecular flexibility index (Phi) is 9.06. The molecule has 14 rings (SSSR count). The van der Waals surface area contributed by atoms with Crippen molar-refractivity contribution in [1.29, 1.82) is 0 Å². The van der Waals surface area contributed by atoms with Gasteiger partial charge in [0.15, 0.2) is 0 Å². The van der Waals surface area contributed by atoms with Crippen molar-refractivity contribution in [2.75, 3.05) is 9.80 Å². The molecule has 0 radical (unpaired) electrons. The molecule has 2 heteroatoms. The lowest BCUT2D eigenvalue weighted by Crippen LogP contribution is -2.28. The first kappa shape index (κ1) is 40.1. The molecule has 0 saturated heterocycles. The van der Waals surface area contributed by atoms with Crippen LogP contribution in [0.25, 0.3) is 33.4 Å². The van der Waals surface area contributed by atoms with Crippen molar-refractivity contribution < 1.29 is 0 Å². The van der Waals surface area contributed by atoms with Crippen molar-refractivity contribution >= 4 is 34.1 Å². The molecule has 1 atom stereocenters. The van der Waals surface area contributed by atoms with Gasteiger partial charge in [0.2, 0.25) is 0 Å². The summed E-state index contributed by atoms with van der Waals surface area (Å²) in [7, 11) is 0. The number of para-hydroxylation sites is 3. The van der Waals surface area contributed by atoms with E-state index in [0.29, 0.717) is 0 Å². The molecule has 0 aromatic heterocycles. The second-order valence-corrected chi connectivity index (χ2v) is 18.7. The Bertz CT molecular complexity index is 3690. The molecule has 3 aliphatic carbocycles. The van der Waals surface area contributed by atoms with Crippen LogP contribution in [-0.2, 0) is 10.8 Å². The van der Waals surface area contributed by atoms with Crippen molar-refractivity contribution in [2.45, 2.75) is 10.8 Å². The fraction of sp³-hybridized carbons (Fsp3) is 0.0294. The highest BCUT2D eigenvalue weighted by Crippen LogP contribution is 2.64. The first-order chi connectivity index (χ1) is 34.7. The number of hydrogen-bond acceptors (Lipinski definition) is 2. The van der Waals surface area contributed by atoms with Crippen LogP contribution in [0, 0.1) is 0 Å². The third-order valence-corrected chi connectivity index (χ3v) is 15.3. The fourth-order valence-electron chi connectivity index (χ4n) is 12.6. The van der Waals surface area contributed by atoms with Crippen LogP contribution >= 0.6 is 0 Å². The number of anilines is 6. The minimum absolute atomic E-state index is 0.474. The summed E-state index contributed by atoms with van der Waals surface area (Å²) in [6.07, 6.45) is 0. The maximum absolute atomic E-state index is 2.50. The van der Waals surface area contributed by atoms with E-state index in [0.717, 1.165) is 34.1 Å². The predicted molar refractivity (Wildman–Crippen MR) is 289 cm³/mol. The van der Waals surface area contributed by atoms with Gasteiger partial charge >= 0.3 is 0 Å². The van der Waals surface area contributed by atoms with Gasteiger partial charge < -0.3 is 9.80 Å². The van der Waals surface area contributed by atoms with E-state index in [2.05, 4.69) is 289 Å². The Balaban J connectivity index is 0.981. The van der Waals surface area contributed by atoms with Crippen LogP contribution in [0.5, 0.6) is 0 Å². The normalized spacial score (nSPS) is 15.0. The standard InChI is InChI=1S/C68H46N2/c1-6-22-47(23-7-1)67(48-24-8-2-9-25-48)61-35-19-17-33-56(61)59-45-53(39-42-64(59)67)70(51-30-14-5-15-31-51)54-38-41-58-55-32-16-20-36-62(55)68(66(58)46-54)63-37-21-18-34-57(63)60-44-52(40-43-65(60)68)69(49-26-10-3-11-27-49)50-28-12-4-13-29-50/h1-46H. The van der Waals surface area contributed by atoms with Crippen LogP contribution in [-0.4, -0.2) is 0 Å². The number of nitrogens with zero attached hydrogens (tertiary/aromatic N) is 2. The quantitative estimate of drug-likeness (QED) is 0.150. The lowest BCUT2D eigenvalue weighted by Gasteiger charge is -2.34. The Morgan fingerprint density at radius 2 is 0.486 bits per heavy atom. The largest absolute Gasteiger partial charge is 0.310 e. The van der Waals surface area contributed by atoms with E-state index in [1.807, 2.05) is 0 Å². The Morgan fingerprint density at radius 1 is 0.186 bits per heavy atom. The van der Waals surface area contributed by atoms with E-state index in [-0.39, 0.29) is 0 Å². The summed E-state index contributed by atoms with van der Waals surface area (Å²) in [6, 6.07) is 103. The molecule has 3 aliphatic rings. The van der Waals surface area contributed by atoms with Crippen molar-refractivity contribution in [3.8, 4) is 33.4 Å². The summed E-state index contributed by atoms with van der Waals surface area (Å²) < 4.78 is 0. The van der Waals surface area contributed by atoms with Gasteiger partial charge in [-0.1, -0.05) is 206 Å². The molecule has 70 heavy (non-hydrogen) atoms. The van der Waals surface area contributed by atoms with Crippen molar-refractivity contribution in [1.82, 2.24) is 0 Å². The number of benzene rings is 11. The van der Waals surface area contributed by atoms with Crippen LogP contribution in [0.15, 0.2) is 279 Å². The van der Waals surface area contributed by atoms with E-state index in [1.54, 1.807) is 0 Å². The summed E-state index contributed by atoms with van der Waals surface area (Å²) >= 11 is 0. The molecule has 0 fully saturated rings. The molecule has 0 heterocycles. The summed E-state index contributed by atoms with van der Waals surface area (Å²) in [4.78, 5) is 4.84. The van der Waals surface area contributed by atoms with E-state index >= 15 is 0 Å². The third-order valence-electron chi connectivity index (χ3n) is 15.3. The van der Waals surface area contributed by atoms with Crippen molar-refractivity contribution in [3.63, 3.8) is 0 Å². The molecule has 2 nitrogen and oxygen atoms in total. The number of hydrogen-bond donors (Lipinski definition) is 0. The lowest BCUT2D eigenvalue weighted by molar-refractivity contribution is 0.768. The predicted octanol–water partition coefficient (Wildman–Crippen LogP) is 17.3. The van der Waals surface area contributed by atoms with Crippen LogP contribution < -0.4 is 9.80 Å². The molecule has 0 amide bonds. The highest BCUT2D eigenvalue weighted by Gasteiger charge is 2.52. The molecule has 1 unspecified atom stereocenters. The lowest BCUT2D eigenvalue weighted by atomic mass is 9.68. The first-order valence-electron chi connectivity index (χ1n) is 24.3. The van der Waals surface area contributed by atoms with Gasteiger partial charge in [-0.15, -0.1) is 0 Å². The van der Waals surface area contributed by atoms with Crippen LogP contribution in [0.1, 0.15) is 44.5 Å². The van der Waals surface area contributed by atoms with Crippen molar-refractivity contribution in [3.05, 3.63) is 324 Å². The van der Waals surface area contributed by atoms with Gasteiger partial charge in [0, 0.05) is 34.1 Å². The van der Waals surface area contributed by atoms with E-state index in [1.165, 1.54) is 77.9 Å². The smallest absolute Gasteiger partial charge is 0.0726 e. The molecule has 328 valence electrons. The van der Waals surface area contributed by atoms with Gasteiger partial charge in [0.25, 0.3) is 0 Å². The van der Waals surface area contributed by atoms with E-state index in [4.69, 9.17) is 0 Å².